The summed E-state index contributed by atoms with van der Waals surface area (Å²) in [5.74, 6) is -0.761. The quantitative estimate of drug-likeness (QED) is 0.561. The number of sulfone groups is 1. The first-order valence-electron chi connectivity index (χ1n) is 9.55. The highest BCUT2D eigenvalue weighted by molar-refractivity contribution is 7.99. The van der Waals surface area contributed by atoms with Crippen molar-refractivity contribution in [3.05, 3.63) is 18.3 Å². The lowest BCUT2D eigenvalue weighted by atomic mass is 10.2. The Morgan fingerprint density at radius 1 is 1.20 bits per heavy atom. The summed E-state index contributed by atoms with van der Waals surface area (Å²) in [7, 11) is -6.68. The molecule has 2 N–H and O–H groups in total. The average Bonchev–Trinajstić information content (AvgIpc) is 3.05. The lowest BCUT2D eigenvalue weighted by Crippen LogP contribution is -2.45. The molecule has 0 aliphatic carbocycles. The van der Waals surface area contributed by atoms with E-state index in [4.69, 9.17) is 0 Å². The van der Waals surface area contributed by atoms with Gasteiger partial charge < -0.3 is 5.32 Å². The van der Waals surface area contributed by atoms with Crippen LogP contribution in [0.2, 0.25) is 0 Å². The summed E-state index contributed by atoms with van der Waals surface area (Å²) in [5, 5.41) is 5.07. The summed E-state index contributed by atoms with van der Waals surface area (Å²) >= 11 is 1.06. The van der Waals surface area contributed by atoms with Crippen molar-refractivity contribution in [2.75, 3.05) is 30.3 Å². The first kappa shape index (κ1) is 23.0. The van der Waals surface area contributed by atoms with Crippen molar-refractivity contribution < 1.29 is 26.4 Å². The van der Waals surface area contributed by atoms with E-state index in [-0.39, 0.29) is 22.2 Å². The molecule has 3 heterocycles. The van der Waals surface area contributed by atoms with Crippen LogP contribution < -0.4 is 10.6 Å². The van der Waals surface area contributed by atoms with E-state index in [0.29, 0.717) is 24.5 Å². The Labute approximate surface area is 180 Å². The Morgan fingerprint density at radius 2 is 1.93 bits per heavy atom. The van der Waals surface area contributed by atoms with E-state index in [1.165, 1.54) is 22.6 Å². The topological polar surface area (TPSA) is 143 Å². The minimum absolute atomic E-state index is 0.0247. The van der Waals surface area contributed by atoms with Crippen LogP contribution in [0.5, 0.6) is 0 Å². The summed E-state index contributed by atoms with van der Waals surface area (Å²) < 4.78 is 49.4. The minimum atomic E-state index is -3.56. The molecule has 0 radical (unpaired) electrons. The number of amides is 3. The number of aromatic nitrogens is 1. The molecule has 0 saturated carbocycles. The maximum absolute atomic E-state index is 12.6. The molecule has 30 heavy (non-hydrogen) atoms. The zero-order chi connectivity index (χ0) is 21.8. The van der Waals surface area contributed by atoms with Gasteiger partial charge in [-0.2, -0.15) is 4.31 Å². The first-order valence-corrected chi connectivity index (χ1v) is 13.8. The van der Waals surface area contributed by atoms with E-state index in [0.717, 1.165) is 31.0 Å². The third-order valence-corrected chi connectivity index (χ3v) is 9.43. The monoisotopic (exact) mass is 476 g/mol. The second-order valence-corrected chi connectivity index (χ2v) is 12.4. The highest BCUT2D eigenvalue weighted by Gasteiger charge is 2.29. The normalized spacial score (nSPS) is 21.8. The summed E-state index contributed by atoms with van der Waals surface area (Å²) in [4.78, 5) is 27.9. The van der Waals surface area contributed by atoms with Crippen LogP contribution in [0.25, 0.3) is 0 Å². The van der Waals surface area contributed by atoms with Crippen LogP contribution in [0.1, 0.15) is 25.7 Å². The Kier molecular flexibility index (Phi) is 7.37. The Bertz CT molecular complexity index is 989. The van der Waals surface area contributed by atoms with Gasteiger partial charge in [0.15, 0.2) is 9.84 Å². The Morgan fingerprint density at radius 3 is 2.53 bits per heavy atom. The molecule has 1 aromatic heterocycles. The van der Waals surface area contributed by atoms with E-state index in [9.17, 15) is 26.4 Å². The second kappa shape index (κ2) is 9.62. The van der Waals surface area contributed by atoms with Gasteiger partial charge in [-0.15, -0.1) is 0 Å². The fourth-order valence-electron chi connectivity index (χ4n) is 3.29. The zero-order valence-electron chi connectivity index (χ0n) is 16.2. The van der Waals surface area contributed by atoms with Crippen LogP contribution in [0.15, 0.2) is 28.3 Å². The molecule has 3 amide bonds. The average molecular weight is 477 g/mol. The van der Waals surface area contributed by atoms with Crippen molar-refractivity contribution in [2.45, 2.75) is 41.6 Å². The molecule has 2 fully saturated rings. The number of rotatable bonds is 6. The second-order valence-electron chi connectivity index (χ2n) is 7.21. The highest BCUT2D eigenvalue weighted by atomic mass is 32.2. The summed E-state index contributed by atoms with van der Waals surface area (Å²) in [6, 6.07) is 1.76. The third-order valence-electron chi connectivity index (χ3n) is 4.83. The molecule has 166 valence electrons. The number of carbonyl (C=O) groups excluding carboxylic acids is 2. The Balaban J connectivity index is 1.46. The fourth-order valence-corrected chi connectivity index (χ4v) is 7.07. The van der Waals surface area contributed by atoms with Crippen molar-refractivity contribution in [1.29, 1.82) is 0 Å². The van der Waals surface area contributed by atoms with E-state index in [2.05, 4.69) is 15.6 Å². The van der Waals surface area contributed by atoms with Gasteiger partial charge >= 0.3 is 6.03 Å². The van der Waals surface area contributed by atoms with Crippen molar-refractivity contribution in [3.8, 4) is 0 Å². The molecule has 0 unspecified atom stereocenters. The molecule has 1 atom stereocenters. The minimum Gasteiger partial charge on any atom is -0.334 e. The standard InChI is InChI=1S/C17H24N4O6S3/c22-15(20-17(23)19-13-6-9-29(24,25)12-13)11-28-16-5-4-14(10-18-16)30(26,27)21-7-2-1-3-8-21/h4-5,10,13H,1-3,6-9,11-12H2,(H2,19,20,22,23)/t13-/m1/s1. The number of thioether (sulfide) groups is 1. The van der Waals surface area contributed by atoms with E-state index < -0.39 is 37.8 Å². The van der Waals surface area contributed by atoms with Gasteiger partial charge in [0.2, 0.25) is 15.9 Å². The van der Waals surface area contributed by atoms with Crippen LogP contribution in [-0.2, 0) is 24.7 Å². The number of piperidine rings is 1. The predicted octanol–water partition coefficient (Wildman–Crippen LogP) is 0.361. The predicted molar refractivity (Wildman–Crippen MR) is 111 cm³/mol. The van der Waals surface area contributed by atoms with Gasteiger partial charge in [-0.3, -0.25) is 10.1 Å². The van der Waals surface area contributed by atoms with Crippen LogP contribution in [0, 0.1) is 0 Å². The molecule has 0 spiro atoms. The molecule has 2 saturated heterocycles. The number of nitrogens with one attached hydrogen (secondary N) is 2. The van der Waals surface area contributed by atoms with Gasteiger partial charge in [0.05, 0.1) is 22.3 Å². The van der Waals surface area contributed by atoms with Crippen molar-refractivity contribution >= 4 is 43.6 Å². The van der Waals surface area contributed by atoms with Crippen LogP contribution >= 0.6 is 11.8 Å². The van der Waals surface area contributed by atoms with Crippen molar-refractivity contribution in [1.82, 2.24) is 19.9 Å². The fraction of sp³-hybridized carbons (Fsp3) is 0.588. The number of imide groups is 1. The molecule has 10 nitrogen and oxygen atoms in total. The SMILES string of the molecule is O=C(CSc1ccc(S(=O)(=O)N2CCCCC2)cn1)NC(=O)N[C@@H]1CCS(=O)(=O)C1. The zero-order valence-corrected chi connectivity index (χ0v) is 18.7. The van der Waals surface area contributed by atoms with Crippen molar-refractivity contribution in [3.63, 3.8) is 0 Å². The van der Waals surface area contributed by atoms with Crippen molar-refractivity contribution in [2.24, 2.45) is 0 Å². The summed E-state index contributed by atoms with van der Waals surface area (Å²) in [6.45, 7) is 1.02. The van der Waals surface area contributed by atoms with Gasteiger partial charge in [-0.1, -0.05) is 18.2 Å². The molecule has 0 bridgehead atoms. The highest BCUT2D eigenvalue weighted by Crippen LogP contribution is 2.22. The molecule has 1 aromatic rings. The molecule has 3 rings (SSSR count). The van der Waals surface area contributed by atoms with Gasteiger partial charge in [-0.05, 0) is 31.4 Å². The molecule has 2 aliphatic rings. The molecule has 13 heteroatoms. The largest absolute Gasteiger partial charge is 0.334 e. The van der Waals surface area contributed by atoms with Gasteiger partial charge in [0.25, 0.3) is 0 Å². The third kappa shape index (κ3) is 6.15. The maximum atomic E-state index is 12.6. The molecular weight excluding hydrogens is 452 g/mol. The lowest BCUT2D eigenvalue weighted by Gasteiger charge is -2.25. The molecule has 2 aliphatic heterocycles. The molecular formula is C17H24N4O6S3. The number of carbonyl (C=O) groups is 2. The van der Waals surface area contributed by atoms with Crippen LogP contribution in [-0.4, -0.2) is 74.5 Å². The number of sulfonamides is 1. The lowest BCUT2D eigenvalue weighted by molar-refractivity contribution is -0.117. The number of urea groups is 1. The Hall–Kier alpha value is -1.70. The molecule has 0 aromatic carbocycles. The van der Waals surface area contributed by atoms with Gasteiger partial charge in [0, 0.05) is 25.3 Å². The van der Waals surface area contributed by atoms with Gasteiger partial charge in [0.1, 0.15) is 4.90 Å². The number of pyridine rings is 1. The number of nitrogens with zero attached hydrogens (tertiary/aromatic N) is 2. The number of hydrogen-bond donors (Lipinski definition) is 2. The summed E-state index contributed by atoms with van der Waals surface area (Å²) in [6.07, 6.45) is 4.33. The van der Waals surface area contributed by atoms with E-state index in [1.807, 2.05) is 0 Å². The first-order chi connectivity index (χ1) is 14.2. The van der Waals surface area contributed by atoms with Crippen LogP contribution in [0.4, 0.5) is 4.79 Å². The maximum Gasteiger partial charge on any atom is 0.321 e. The number of hydrogen-bond acceptors (Lipinski definition) is 8. The summed E-state index contributed by atoms with van der Waals surface area (Å²) in [5.41, 5.74) is 0. The van der Waals surface area contributed by atoms with E-state index >= 15 is 0 Å². The van der Waals surface area contributed by atoms with Gasteiger partial charge in [-0.25, -0.2) is 26.6 Å². The smallest absolute Gasteiger partial charge is 0.321 e. The van der Waals surface area contributed by atoms with E-state index in [1.54, 1.807) is 0 Å². The van der Waals surface area contributed by atoms with Crippen LogP contribution in [0.3, 0.4) is 0 Å².